The van der Waals surface area contributed by atoms with Gasteiger partial charge in [0, 0.05) is 23.4 Å². The van der Waals surface area contributed by atoms with Crippen LogP contribution in [0.1, 0.15) is 15.6 Å². The van der Waals surface area contributed by atoms with Crippen LogP contribution in [0.3, 0.4) is 0 Å². The lowest BCUT2D eigenvalue weighted by Crippen LogP contribution is -2.07. The summed E-state index contributed by atoms with van der Waals surface area (Å²) in [5.41, 5.74) is 2.53. The lowest BCUT2D eigenvalue weighted by molar-refractivity contribution is 0.951. The van der Waals surface area contributed by atoms with Crippen molar-refractivity contribution in [3.05, 3.63) is 58.0 Å². The zero-order chi connectivity index (χ0) is 16.1. The van der Waals surface area contributed by atoms with Crippen molar-refractivity contribution in [3.8, 4) is 17.3 Å². The van der Waals surface area contributed by atoms with E-state index in [1.165, 1.54) is 4.88 Å². The largest absolute Gasteiger partial charge is 0.368 e. The van der Waals surface area contributed by atoms with E-state index in [9.17, 15) is 0 Å². The molecule has 0 saturated carbocycles. The minimum absolute atomic E-state index is 0.318. The predicted molar refractivity (Wildman–Crippen MR) is 91.2 cm³/mol. The molecule has 2 aromatic heterocycles. The Hall–Kier alpha value is -2.78. The molecule has 0 fully saturated rings. The summed E-state index contributed by atoms with van der Waals surface area (Å²) < 4.78 is 0. The van der Waals surface area contributed by atoms with E-state index in [-0.39, 0.29) is 0 Å². The van der Waals surface area contributed by atoms with Crippen molar-refractivity contribution in [2.75, 3.05) is 11.9 Å². The molecular weight excluding hydrogens is 306 g/mol. The molecule has 0 saturated heterocycles. The third-order valence-electron chi connectivity index (χ3n) is 3.31. The monoisotopic (exact) mass is 321 g/mol. The highest BCUT2D eigenvalue weighted by Gasteiger charge is 2.09. The number of nitrogens with zero attached hydrogens (tertiary/aromatic N) is 4. The van der Waals surface area contributed by atoms with E-state index in [2.05, 4.69) is 34.6 Å². The second-order valence-corrected chi connectivity index (χ2v) is 6.26. The minimum Gasteiger partial charge on any atom is -0.368 e. The number of rotatable bonds is 5. The van der Waals surface area contributed by atoms with Crippen LogP contribution in [-0.2, 0) is 6.42 Å². The summed E-state index contributed by atoms with van der Waals surface area (Å²) in [6, 6.07) is 15.6. The molecule has 23 heavy (non-hydrogen) atoms. The van der Waals surface area contributed by atoms with Crippen molar-refractivity contribution >= 4 is 17.2 Å². The number of nitrogens with one attached hydrogen (secondary N) is 1. The standard InChI is InChI=1S/C17H15N5S/c1-12-17(13-5-3-2-4-6-13)20-16(23-12)9-10-19-15-8-7-14(11-18)21-22-15/h2-8H,9-10H2,1H3,(H,19,22). The average molecular weight is 321 g/mol. The van der Waals surface area contributed by atoms with Crippen LogP contribution < -0.4 is 5.32 Å². The average Bonchev–Trinajstić information content (AvgIpc) is 2.97. The van der Waals surface area contributed by atoms with Crippen LogP contribution in [0, 0.1) is 18.3 Å². The number of anilines is 1. The van der Waals surface area contributed by atoms with Crippen LogP contribution in [0.25, 0.3) is 11.3 Å². The minimum atomic E-state index is 0.318. The van der Waals surface area contributed by atoms with Gasteiger partial charge in [-0.05, 0) is 19.1 Å². The number of nitriles is 1. The molecule has 3 rings (SSSR count). The van der Waals surface area contributed by atoms with Crippen LogP contribution >= 0.6 is 11.3 Å². The van der Waals surface area contributed by atoms with E-state index in [0.29, 0.717) is 11.5 Å². The van der Waals surface area contributed by atoms with Gasteiger partial charge in [-0.15, -0.1) is 21.5 Å². The lowest BCUT2D eigenvalue weighted by atomic mass is 10.1. The molecule has 0 bridgehead atoms. The van der Waals surface area contributed by atoms with Crippen LogP contribution in [-0.4, -0.2) is 21.7 Å². The van der Waals surface area contributed by atoms with Crippen LogP contribution in [0.5, 0.6) is 0 Å². The van der Waals surface area contributed by atoms with Gasteiger partial charge < -0.3 is 5.32 Å². The van der Waals surface area contributed by atoms with E-state index in [0.717, 1.165) is 29.2 Å². The van der Waals surface area contributed by atoms with Gasteiger partial charge in [0.05, 0.1) is 10.7 Å². The summed E-state index contributed by atoms with van der Waals surface area (Å²) in [5, 5.41) is 20.7. The van der Waals surface area contributed by atoms with Crippen molar-refractivity contribution in [2.45, 2.75) is 13.3 Å². The zero-order valence-electron chi connectivity index (χ0n) is 12.7. The van der Waals surface area contributed by atoms with E-state index in [1.54, 1.807) is 23.5 Å². The summed E-state index contributed by atoms with van der Waals surface area (Å²) in [4.78, 5) is 5.96. The summed E-state index contributed by atoms with van der Waals surface area (Å²) >= 11 is 1.72. The first-order chi connectivity index (χ1) is 11.3. The summed E-state index contributed by atoms with van der Waals surface area (Å²) in [7, 11) is 0. The Balaban J connectivity index is 1.62. The molecule has 1 aromatic carbocycles. The predicted octanol–water partition coefficient (Wildman–Crippen LogP) is 3.43. The van der Waals surface area contributed by atoms with Crippen molar-refractivity contribution in [1.29, 1.82) is 5.26 Å². The molecule has 0 amide bonds. The SMILES string of the molecule is Cc1sc(CCNc2ccc(C#N)nn2)nc1-c1ccccc1. The fourth-order valence-corrected chi connectivity index (χ4v) is 3.16. The van der Waals surface area contributed by atoms with Gasteiger partial charge in [0.1, 0.15) is 11.9 Å². The van der Waals surface area contributed by atoms with Crippen LogP contribution in [0.15, 0.2) is 42.5 Å². The molecule has 0 aliphatic heterocycles. The second kappa shape index (κ2) is 6.99. The van der Waals surface area contributed by atoms with E-state index < -0.39 is 0 Å². The molecule has 1 N–H and O–H groups in total. The van der Waals surface area contributed by atoms with Gasteiger partial charge in [-0.2, -0.15) is 5.26 Å². The molecule has 0 aliphatic carbocycles. The van der Waals surface area contributed by atoms with Crippen molar-refractivity contribution in [1.82, 2.24) is 15.2 Å². The smallest absolute Gasteiger partial charge is 0.163 e. The van der Waals surface area contributed by atoms with E-state index in [4.69, 9.17) is 10.2 Å². The van der Waals surface area contributed by atoms with E-state index in [1.807, 2.05) is 24.3 Å². The number of hydrogen-bond acceptors (Lipinski definition) is 6. The maximum atomic E-state index is 8.70. The summed E-state index contributed by atoms with van der Waals surface area (Å²) in [6.45, 7) is 2.82. The zero-order valence-corrected chi connectivity index (χ0v) is 13.5. The topological polar surface area (TPSA) is 74.5 Å². The second-order valence-electron chi connectivity index (χ2n) is 4.97. The molecular formula is C17H15N5S. The first-order valence-electron chi connectivity index (χ1n) is 7.25. The Morgan fingerprint density at radius 3 is 2.65 bits per heavy atom. The van der Waals surface area contributed by atoms with Gasteiger partial charge in [-0.1, -0.05) is 30.3 Å². The van der Waals surface area contributed by atoms with Crippen molar-refractivity contribution < 1.29 is 0 Å². The van der Waals surface area contributed by atoms with Gasteiger partial charge >= 0.3 is 0 Å². The van der Waals surface area contributed by atoms with Gasteiger partial charge in [0.25, 0.3) is 0 Å². The van der Waals surface area contributed by atoms with Crippen molar-refractivity contribution in [2.24, 2.45) is 0 Å². The molecule has 3 aromatic rings. The third kappa shape index (κ3) is 3.71. The molecule has 0 radical (unpaired) electrons. The number of aryl methyl sites for hydroxylation is 1. The highest BCUT2D eigenvalue weighted by molar-refractivity contribution is 7.12. The quantitative estimate of drug-likeness (QED) is 0.779. The molecule has 0 atom stereocenters. The normalized spacial score (nSPS) is 10.3. The molecule has 5 nitrogen and oxygen atoms in total. The maximum Gasteiger partial charge on any atom is 0.163 e. The van der Waals surface area contributed by atoms with Crippen LogP contribution in [0.2, 0.25) is 0 Å². The molecule has 6 heteroatoms. The molecule has 0 spiro atoms. The number of benzene rings is 1. The highest BCUT2D eigenvalue weighted by Crippen LogP contribution is 2.27. The lowest BCUT2D eigenvalue weighted by Gasteiger charge is -2.02. The molecule has 2 heterocycles. The third-order valence-corrected chi connectivity index (χ3v) is 4.34. The molecule has 0 aliphatic rings. The summed E-state index contributed by atoms with van der Waals surface area (Å²) in [6.07, 6.45) is 0.819. The van der Waals surface area contributed by atoms with Crippen LogP contribution in [0.4, 0.5) is 5.82 Å². The van der Waals surface area contributed by atoms with Gasteiger partial charge in [-0.25, -0.2) is 4.98 Å². The summed E-state index contributed by atoms with van der Waals surface area (Å²) in [5.74, 6) is 0.667. The Bertz CT molecular complexity index is 818. The Morgan fingerprint density at radius 2 is 1.96 bits per heavy atom. The van der Waals surface area contributed by atoms with Gasteiger partial charge in [-0.3, -0.25) is 0 Å². The Labute approximate surface area is 138 Å². The molecule has 114 valence electrons. The Kier molecular flexibility index (Phi) is 4.60. The van der Waals surface area contributed by atoms with Crippen molar-refractivity contribution in [3.63, 3.8) is 0 Å². The molecule has 0 unspecified atom stereocenters. The number of aromatic nitrogens is 3. The van der Waals surface area contributed by atoms with E-state index >= 15 is 0 Å². The first-order valence-corrected chi connectivity index (χ1v) is 8.07. The Morgan fingerprint density at radius 1 is 1.13 bits per heavy atom. The fraction of sp³-hybridized carbons (Fsp3) is 0.176. The first kappa shape index (κ1) is 15.1. The number of hydrogen-bond donors (Lipinski definition) is 1. The number of thiazole rings is 1. The van der Waals surface area contributed by atoms with Gasteiger partial charge in [0.2, 0.25) is 0 Å². The highest BCUT2D eigenvalue weighted by atomic mass is 32.1. The van der Waals surface area contributed by atoms with Gasteiger partial charge in [0.15, 0.2) is 5.69 Å². The maximum absolute atomic E-state index is 8.70. The fourth-order valence-electron chi connectivity index (χ4n) is 2.21.